The zero-order valence-corrected chi connectivity index (χ0v) is 14.4. The van der Waals surface area contributed by atoms with Crippen molar-refractivity contribution in [2.45, 2.75) is 38.2 Å². The van der Waals surface area contributed by atoms with Crippen LogP contribution in [0.3, 0.4) is 0 Å². The highest BCUT2D eigenvalue weighted by molar-refractivity contribution is 6.31. The van der Waals surface area contributed by atoms with E-state index >= 15 is 0 Å². The molecule has 1 N–H and O–H groups in total. The van der Waals surface area contributed by atoms with Crippen LogP contribution in [0.5, 0.6) is 0 Å². The zero-order chi connectivity index (χ0) is 16.9. The Bertz CT molecular complexity index is 714. The van der Waals surface area contributed by atoms with Crippen molar-refractivity contribution in [2.24, 2.45) is 0 Å². The fraction of sp³-hybridized carbons (Fsp3) is 0.444. The minimum atomic E-state index is -0.312. The molecule has 0 spiro atoms. The van der Waals surface area contributed by atoms with E-state index in [2.05, 4.69) is 10.5 Å². The van der Waals surface area contributed by atoms with Gasteiger partial charge in [0.25, 0.3) is 5.91 Å². The number of carbonyl (C=O) groups is 1. The maximum atomic E-state index is 12.5. The van der Waals surface area contributed by atoms with Crippen LogP contribution >= 0.6 is 11.6 Å². The molecule has 1 unspecified atom stereocenters. The third kappa shape index (κ3) is 3.62. The first-order valence-electron chi connectivity index (χ1n) is 8.23. The van der Waals surface area contributed by atoms with E-state index in [4.69, 9.17) is 20.9 Å². The molecule has 0 aliphatic heterocycles. The Morgan fingerprint density at radius 3 is 2.92 bits per heavy atom. The molecule has 1 aromatic heterocycles. The smallest absolute Gasteiger partial charge is 0.273 e. The van der Waals surface area contributed by atoms with Crippen LogP contribution in [0.4, 0.5) is 0 Å². The number of halogens is 1. The number of rotatable bonds is 5. The molecule has 0 saturated carbocycles. The van der Waals surface area contributed by atoms with Crippen LogP contribution in [0.2, 0.25) is 5.02 Å². The molecule has 0 bridgehead atoms. The average molecular weight is 349 g/mol. The van der Waals surface area contributed by atoms with Gasteiger partial charge in [-0.2, -0.15) is 0 Å². The highest BCUT2D eigenvalue weighted by atomic mass is 35.5. The van der Waals surface area contributed by atoms with Gasteiger partial charge in [0.05, 0.1) is 0 Å². The minimum Gasteiger partial charge on any atom is -0.375 e. The topological polar surface area (TPSA) is 64.4 Å². The van der Waals surface area contributed by atoms with Crippen LogP contribution in [-0.2, 0) is 17.6 Å². The van der Waals surface area contributed by atoms with Gasteiger partial charge in [0.2, 0.25) is 0 Å². The quantitative estimate of drug-likeness (QED) is 0.836. The lowest BCUT2D eigenvalue weighted by atomic mass is 10.1. The molecule has 5 nitrogen and oxygen atoms in total. The second kappa shape index (κ2) is 7.81. The molecule has 1 aliphatic carbocycles. The fourth-order valence-electron chi connectivity index (χ4n) is 3.07. The SMILES string of the molecule is COC(CNC(=O)c1noc2c1CCCCC2)c1ccccc1Cl. The fourth-order valence-corrected chi connectivity index (χ4v) is 3.32. The Kier molecular flexibility index (Phi) is 5.53. The summed E-state index contributed by atoms with van der Waals surface area (Å²) >= 11 is 6.21. The van der Waals surface area contributed by atoms with Crippen LogP contribution < -0.4 is 5.32 Å². The first-order chi connectivity index (χ1) is 11.7. The molecular formula is C18H21ClN2O3. The number of nitrogens with one attached hydrogen (secondary N) is 1. The molecule has 1 amide bonds. The second-order valence-corrected chi connectivity index (χ2v) is 6.36. The summed E-state index contributed by atoms with van der Waals surface area (Å²) in [4.78, 5) is 12.5. The van der Waals surface area contributed by atoms with Gasteiger partial charge >= 0.3 is 0 Å². The Morgan fingerprint density at radius 2 is 2.12 bits per heavy atom. The summed E-state index contributed by atoms with van der Waals surface area (Å²) in [6.07, 6.45) is 4.70. The third-order valence-electron chi connectivity index (χ3n) is 4.40. The van der Waals surface area contributed by atoms with Gasteiger partial charge < -0.3 is 14.6 Å². The number of nitrogens with zero attached hydrogens (tertiary/aromatic N) is 1. The first kappa shape index (κ1) is 17.0. The summed E-state index contributed by atoms with van der Waals surface area (Å²) in [5, 5.41) is 7.49. The maximum absolute atomic E-state index is 12.5. The molecule has 1 atom stereocenters. The molecule has 1 aromatic carbocycles. The summed E-state index contributed by atoms with van der Waals surface area (Å²) in [6.45, 7) is 0.320. The highest BCUT2D eigenvalue weighted by Gasteiger charge is 2.24. The standard InChI is InChI=1S/C18H21ClN2O3/c1-23-16(12-7-5-6-9-14(12)19)11-20-18(22)17-13-8-3-2-4-10-15(13)24-21-17/h5-7,9,16H,2-4,8,10-11H2,1H3,(H,20,22). The van der Waals surface area contributed by atoms with E-state index < -0.39 is 0 Å². The molecule has 1 aliphatic rings. The number of ether oxygens (including phenoxy) is 1. The number of aromatic nitrogens is 1. The molecule has 6 heteroatoms. The number of carbonyl (C=O) groups excluding carboxylic acids is 1. The molecular weight excluding hydrogens is 328 g/mol. The van der Waals surface area contributed by atoms with Crippen LogP contribution in [0.15, 0.2) is 28.8 Å². The van der Waals surface area contributed by atoms with Gasteiger partial charge in [-0.05, 0) is 25.3 Å². The van der Waals surface area contributed by atoms with Gasteiger partial charge in [0.15, 0.2) is 5.69 Å². The van der Waals surface area contributed by atoms with E-state index in [0.717, 1.165) is 49.0 Å². The van der Waals surface area contributed by atoms with Crippen molar-refractivity contribution in [3.8, 4) is 0 Å². The largest absolute Gasteiger partial charge is 0.375 e. The second-order valence-electron chi connectivity index (χ2n) is 5.95. The number of hydrogen-bond donors (Lipinski definition) is 1. The van der Waals surface area contributed by atoms with E-state index in [-0.39, 0.29) is 12.0 Å². The normalized spacial score (nSPS) is 15.4. The van der Waals surface area contributed by atoms with E-state index in [9.17, 15) is 4.79 Å². The van der Waals surface area contributed by atoms with E-state index in [1.165, 1.54) is 0 Å². The van der Waals surface area contributed by atoms with E-state index in [1.54, 1.807) is 7.11 Å². The van der Waals surface area contributed by atoms with Gasteiger partial charge in [-0.15, -0.1) is 0 Å². The number of methoxy groups -OCH3 is 1. The Hall–Kier alpha value is -1.85. The Balaban J connectivity index is 1.69. The van der Waals surface area contributed by atoms with Gasteiger partial charge in [-0.3, -0.25) is 4.79 Å². The summed E-state index contributed by atoms with van der Waals surface area (Å²) in [6, 6.07) is 7.46. The molecule has 24 heavy (non-hydrogen) atoms. The predicted octanol–water partition coefficient (Wildman–Crippen LogP) is 3.71. The number of benzene rings is 1. The maximum Gasteiger partial charge on any atom is 0.273 e. The molecule has 1 heterocycles. The van der Waals surface area contributed by atoms with Gasteiger partial charge in [0, 0.05) is 36.2 Å². The number of amides is 1. The van der Waals surface area contributed by atoms with Crippen LogP contribution in [0, 0.1) is 0 Å². The molecule has 2 aromatic rings. The first-order valence-corrected chi connectivity index (χ1v) is 8.61. The average Bonchev–Trinajstić information content (AvgIpc) is 2.85. The van der Waals surface area contributed by atoms with Crippen molar-refractivity contribution in [2.75, 3.05) is 13.7 Å². The van der Waals surface area contributed by atoms with E-state index in [1.807, 2.05) is 24.3 Å². The molecule has 0 saturated heterocycles. The lowest BCUT2D eigenvalue weighted by molar-refractivity contribution is 0.0820. The number of aryl methyl sites for hydroxylation is 1. The monoisotopic (exact) mass is 348 g/mol. The van der Waals surface area contributed by atoms with Crippen LogP contribution in [-0.4, -0.2) is 24.7 Å². The predicted molar refractivity (Wildman–Crippen MR) is 91.3 cm³/mol. The zero-order valence-electron chi connectivity index (χ0n) is 13.7. The molecule has 0 fully saturated rings. The van der Waals surface area contributed by atoms with Crippen LogP contribution in [0.25, 0.3) is 0 Å². The minimum absolute atomic E-state index is 0.226. The highest BCUT2D eigenvalue weighted by Crippen LogP contribution is 2.26. The van der Waals surface area contributed by atoms with Gasteiger partial charge in [0.1, 0.15) is 11.9 Å². The lowest BCUT2D eigenvalue weighted by Gasteiger charge is -2.17. The van der Waals surface area contributed by atoms with Crippen molar-refractivity contribution < 1.29 is 14.1 Å². The number of fused-ring (bicyclic) bond motifs is 1. The number of hydrogen-bond acceptors (Lipinski definition) is 4. The van der Waals surface area contributed by atoms with Gasteiger partial charge in [-0.25, -0.2) is 0 Å². The van der Waals surface area contributed by atoms with Crippen LogP contribution in [0.1, 0.15) is 52.7 Å². The summed E-state index contributed by atoms with van der Waals surface area (Å²) in [7, 11) is 1.60. The van der Waals surface area contributed by atoms with Gasteiger partial charge in [-0.1, -0.05) is 41.4 Å². The Labute approximate surface area is 146 Å². The van der Waals surface area contributed by atoms with Crippen molar-refractivity contribution in [3.63, 3.8) is 0 Å². The molecule has 128 valence electrons. The summed E-state index contributed by atoms with van der Waals surface area (Å²) < 4.78 is 10.8. The summed E-state index contributed by atoms with van der Waals surface area (Å²) in [5.74, 6) is 0.628. The lowest BCUT2D eigenvalue weighted by Crippen LogP contribution is -2.30. The van der Waals surface area contributed by atoms with Crippen molar-refractivity contribution in [1.29, 1.82) is 0 Å². The van der Waals surface area contributed by atoms with E-state index in [0.29, 0.717) is 17.3 Å². The summed E-state index contributed by atoms with van der Waals surface area (Å²) in [5.41, 5.74) is 2.21. The Morgan fingerprint density at radius 1 is 1.33 bits per heavy atom. The molecule has 3 rings (SSSR count). The third-order valence-corrected chi connectivity index (χ3v) is 4.74. The van der Waals surface area contributed by atoms with Crippen molar-refractivity contribution >= 4 is 17.5 Å². The van der Waals surface area contributed by atoms with Crippen molar-refractivity contribution in [1.82, 2.24) is 10.5 Å². The molecule has 0 radical (unpaired) electrons. The van der Waals surface area contributed by atoms with Crippen molar-refractivity contribution in [3.05, 3.63) is 51.9 Å².